The molecule has 8 heteroatoms. The van der Waals surface area contributed by atoms with E-state index in [4.69, 9.17) is 10.00 Å². The third kappa shape index (κ3) is 5.55. The van der Waals surface area contributed by atoms with Gasteiger partial charge in [-0.05, 0) is 44.0 Å². The van der Waals surface area contributed by atoms with Crippen LogP contribution in [-0.4, -0.2) is 29.4 Å². The Labute approximate surface area is 163 Å². The number of nitrogens with one attached hydrogen (secondary N) is 2. The first-order chi connectivity index (χ1) is 13.4. The number of anilines is 1. The quantitative estimate of drug-likeness (QED) is 0.726. The Hall–Kier alpha value is -3.39. The lowest BCUT2D eigenvalue weighted by molar-refractivity contribution is -0.130. The summed E-state index contributed by atoms with van der Waals surface area (Å²) >= 11 is 0. The number of carbonyl (C=O) groups excluding carboxylic acids is 3. The van der Waals surface area contributed by atoms with Gasteiger partial charge in [0.15, 0.2) is 6.10 Å². The van der Waals surface area contributed by atoms with Gasteiger partial charge in [0.05, 0.1) is 17.7 Å². The van der Waals surface area contributed by atoms with Crippen LogP contribution in [0.15, 0.2) is 24.3 Å². The van der Waals surface area contributed by atoms with E-state index in [9.17, 15) is 19.6 Å². The minimum Gasteiger partial charge on any atom is -0.449 e. The number of esters is 1. The van der Waals surface area contributed by atoms with E-state index in [1.54, 1.807) is 6.07 Å². The molecule has 0 heterocycles. The molecule has 1 aromatic carbocycles. The largest absolute Gasteiger partial charge is 0.449 e. The normalized spacial score (nSPS) is 16.0. The zero-order valence-electron chi connectivity index (χ0n) is 15.7. The second-order valence-electron chi connectivity index (χ2n) is 6.75. The minimum absolute atomic E-state index is 0.214. The molecule has 1 atom stereocenters. The third-order valence-electron chi connectivity index (χ3n) is 4.58. The summed E-state index contributed by atoms with van der Waals surface area (Å²) in [6, 6.07) is 9.84. The summed E-state index contributed by atoms with van der Waals surface area (Å²) in [5.41, 5.74) is -0.235. The molecule has 0 bridgehead atoms. The van der Waals surface area contributed by atoms with Crippen molar-refractivity contribution in [2.45, 2.75) is 57.1 Å². The van der Waals surface area contributed by atoms with Gasteiger partial charge in [-0.1, -0.05) is 19.3 Å². The number of nitrogens with zero attached hydrogens (tertiary/aromatic N) is 2. The Balaban J connectivity index is 1.92. The number of ether oxygens (including phenoxy) is 1. The van der Waals surface area contributed by atoms with Crippen molar-refractivity contribution in [1.82, 2.24) is 5.32 Å². The summed E-state index contributed by atoms with van der Waals surface area (Å²) in [5, 5.41) is 23.2. The van der Waals surface area contributed by atoms with Gasteiger partial charge in [-0.15, -0.1) is 0 Å². The Kier molecular flexibility index (Phi) is 7.11. The Morgan fingerprint density at radius 2 is 1.79 bits per heavy atom. The van der Waals surface area contributed by atoms with Gasteiger partial charge >= 0.3 is 5.97 Å². The van der Waals surface area contributed by atoms with Crippen LogP contribution >= 0.6 is 0 Å². The molecule has 8 nitrogen and oxygen atoms in total. The lowest BCUT2D eigenvalue weighted by Crippen LogP contribution is -2.52. The van der Waals surface area contributed by atoms with Crippen molar-refractivity contribution >= 4 is 23.5 Å². The second-order valence-corrected chi connectivity index (χ2v) is 6.75. The van der Waals surface area contributed by atoms with Gasteiger partial charge in [-0.2, -0.15) is 10.5 Å². The smallest absolute Gasteiger partial charge is 0.338 e. The molecule has 0 aliphatic heterocycles. The number of nitriles is 2. The van der Waals surface area contributed by atoms with E-state index in [-0.39, 0.29) is 12.0 Å². The number of amides is 2. The second kappa shape index (κ2) is 9.52. The average Bonchev–Trinajstić information content (AvgIpc) is 2.69. The first kappa shape index (κ1) is 20.9. The van der Waals surface area contributed by atoms with Gasteiger partial charge in [-0.25, -0.2) is 4.79 Å². The molecule has 1 fully saturated rings. The van der Waals surface area contributed by atoms with Crippen molar-refractivity contribution in [1.29, 1.82) is 10.5 Å². The number of hydrogen-bond acceptors (Lipinski definition) is 6. The van der Waals surface area contributed by atoms with Crippen LogP contribution < -0.4 is 10.6 Å². The summed E-state index contributed by atoms with van der Waals surface area (Å²) in [6.07, 6.45) is 2.66. The van der Waals surface area contributed by atoms with Gasteiger partial charge < -0.3 is 15.4 Å². The first-order valence-electron chi connectivity index (χ1n) is 9.10. The maximum absolute atomic E-state index is 12.4. The van der Waals surface area contributed by atoms with Crippen LogP contribution in [0.4, 0.5) is 5.69 Å². The van der Waals surface area contributed by atoms with E-state index < -0.39 is 29.4 Å². The van der Waals surface area contributed by atoms with E-state index in [1.165, 1.54) is 31.2 Å². The van der Waals surface area contributed by atoms with Crippen LogP contribution in [0.3, 0.4) is 0 Å². The molecule has 146 valence electrons. The van der Waals surface area contributed by atoms with Crippen molar-refractivity contribution in [3.63, 3.8) is 0 Å². The molecule has 0 aromatic heterocycles. The van der Waals surface area contributed by atoms with Crippen molar-refractivity contribution in [2.75, 3.05) is 5.32 Å². The maximum atomic E-state index is 12.4. The van der Waals surface area contributed by atoms with E-state index in [2.05, 4.69) is 16.7 Å². The lowest BCUT2D eigenvalue weighted by Gasteiger charge is -2.32. The molecular weight excluding hydrogens is 360 g/mol. The van der Waals surface area contributed by atoms with Crippen molar-refractivity contribution in [3.8, 4) is 12.1 Å². The van der Waals surface area contributed by atoms with Crippen LogP contribution in [0.5, 0.6) is 0 Å². The van der Waals surface area contributed by atoms with E-state index >= 15 is 0 Å². The Bertz CT molecular complexity index is 814. The SMILES string of the molecule is CC(OC(=O)c1ccc(NC(=O)CC#N)cc1)C(=O)NC1(C#N)CCCCC1. The summed E-state index contributed by atoms with van der Waals surface area (Å²) < 4.78 is 5.20. The summed E-state index contributed by atoms with van der Waals surface area (Å²) in [7, 11) is 0. The van der Waals surface area contributed by atoms with Crippen LogP contribution in [-0.2, 0) is 14.3 Å². The summed E-state index contributed by atoms with van der Waals surface area (Å²) in [5.74, 6) is -1.64. The van der Waals surface area contributed by atoms with E-state index in [0.717, 1.165) is 19.3 Å². The summed E-state index contributed by atoms with van der Waals surface area (Å²) in [4.78, 5) is 36.0. The molecule has 28 heavy (non-hydrogen) atoms. The number of benzene rings is 1. The minimum atomic E-state index is -1.05. The van der Waals surface area contributed by atoms with Gasteiger partial charge in [0.1, 0.15) is 12.0 Å². The highest BCUT2D eigenvalue weighted by Crippen LogP contribution is 2.27. The van der Waals surface area contributed by atoms with E-state index in [1.807, 2.05) is 0 Å². The van der Waals surface area contributed by atoms with Crippen molar-refractivity contribution in [3.05, 3.63) is 29.8 Å². The van der Waals surface area contributed by atoms with Crippen molar-refractivity contribution < 1.29 is 19.1 Å². The molecule has 1 saturated carbocycles. The molecule has 2 N–H and O–H groups in total. The molecule has 2 rings (SSSR count). The fraction of sp³-hybridized carbons (Fsp3) is 0.450. The Morgan fingerprint density at radius 1 is 1.14 bits per heavy atom. The highest BCUT2D eigenvalue weighted by Gasteiger charge is 2.35. The number of hydrogen-bond donors (Lipinski definition) is 2. The highest BCUT2D eigenvalue weighted by atomic mass is 16.5. The van der Waals surface area contributed by atoms with Gasteiger partial charge in [0.25, 0.3) is 5.91 Å². The zero-order valence-corrected chi connectivity index (χ0v) is 15.7. The maximum Gasteiger partial charge on any atom is 0.338 e. The van der Waals surface area contributed by atoms with Crippen LogP contribution in [0.1, 0.15) is 55.8 Å². The monoisotopic (exact) mass is 382 g/mol. The van der Waals surface area contributed by atoms with Crippen LogP contribution in [0.25, 0.3) is 0 Å². The molecule has 1 unspecified atom stereocenters. The predicted octanol–water partition coefficient (Wildman–Crippen LogP) is 2.43. The molecule has 1 aliphatic rings. The average molecular weight is 382 g/mol. The molecular formula is C20H22N4O4. The first-order valence-corrected chi connectivity index (χ1v) is 9.10. The van der Waals surface area contributed by atoms with Gasteiger partial charge in [-0.3, -0.25) is 9.59 Å². The predicted molar refractivity (Wildman–Crippen MR) is 99.8 cm³/mol. The molecule has 0 radical (unpaired) electrons. The molecule has 0 saturated heterocycles. The lowest BCUT2D eigenvalue weighted by atomic mass is 9.83. The van der Waals surface area contributed by atoms with Gasteiger partial charge in [0.2, 0.25) is 5.91 Å². The molecule has 0 spiro atoms. The van der Waals surface area contributed by atoms with Gasteiger partial charge in [0, 0.05) is 5.69 Å². The topological polar surface area (TPSA) is 132 Å². The van der Waals surface area contributed by atoms with E-state index in [0.29, 0.717) is 18.5 Å². The molecule has 1 aromatic rings. The number of rotatable bonds is 6. The zero-order chi connectivity index (χ0) is 20.6. The standard InChI is InChI=1S/C20H22N4O4/c1-14(18(26)24-20(13-22)10-3-2-4-11-20)28-19(27)15-5-7-16(8-6-15)23-17(25)9-12-21/h5-8,14H,2-4,9-11H2,1H3,(H,23,25)(H,24,26). The third-order valence-corrected chi connectivity index (χ3v) is 4.58. The Morgan fingerprint density at radius 3 is 2.36 bits per heavy atom. The number of carbonyl (C=O) groups is 3. The molecule has 2 amide bonds. The van der Waals surface area contributed by atoms with Crippen LogP contribution in [0, 0.1) is 22.7 Å². The fourth-order valence-corrected chi connectivity index (χ4v) is 3.01. The van der Waals surface area contributed by atoms with Crippen LogP contribution in [0.2, 0.25) is 0 Å². The fourth-order valence-electron chi connectivity index (χ4n) is 3.01. The highest BCUT2D eigenvalue weighted by molar-refractivity contribution is 5.94. The molecule has 1 aliphatic carbocycles. The summed E-state index contributed by atoms with van der Waals surface area (Å²) in [6.45, 7) is 1.46. The van der Waals surface area contributed by atoms with Crippen molar-refractivity contribution in [2.24, 2.45) is 0 Å².